The maximum atomic E-state index is 11.1. The van der Waals surface area contributed by atoms with Crippen LogP contribution in [-0.2, 0) is 9.59 Å². The van der Waals surface area contributed by atoms with Gasteiger partial charge in [-0.3, -0.25) is 4.79 Å². The molecule has 1 aromatic heterocycles. The summed E-state index contributed by atoms with van der Waals surface area (Å²) in [6, 6.07) is 8.18. The Kier molecular flexibility index (Phi) is 3.23. The molecule has 2 aromatic rings. The van der Waals surface area contributed by atoms with Crippen LogP contribution in [0.3, 0.4) is 0 Å². The number of carboxylic acids is 2. The third-order valence-electron chi connectivity index (χ3n) is 2.72. The maximum absolute atomic E-state index is 11.1. The van der Waals surface area contributed by atoms with Crippen molar-refractivity contribution in [1.29, 1.82) is 0 Å². The Balaban J connectivity index is 2.44. The minimum Gasteiger partial charge on any atom is -0.481 e. The van der Waals surface area contributed by atoms with Crippen molar-refractivity contribution >= 4 is 22.7 Å². The monoisotopic (exact) mass is 246 g/mol. The lowest BCUT2D eigenvalue weighted by atomic mass is 10.1. The molecule has 0 fully saturated rings. The van der Waals surface area contributed by atoms with Gasteiger partial charge in [-0.25, -0.2) is 4.79 Å². The molecule has 1 aromatic carbocycles. The van der Waals surface area contributed by atoms with E-state index in [1.165, 1.54) is 4.57 Å². The van der Waals surface area contributed by atoms with E-state index >= 15 is 0 Å². The first-order chi connectivity index (χ1) is 8.58. The molecular formula is C13H12NO4+. The van der Waals surface area contributed by atoms with Crippen molar-refractivity contribution < 1.29 is 24.4 Å². The lowest BCUT2D eigenvalue weighted by molar-refractivity contribution is -0.708. The highest BCUT2D eigenvalue weighted by Crippen LogP contribution is 2.12. The van der Waals surface area contributed by atoms with Crippen molar-refractivity contribution in [3.63, 3.8) is 0 Å². The van der Waals surface area contributed by atoms with Crippen LogP contribution in [0.4, 0.5) is 0 Å². The Hall–Kier alpha value is -2.43. The highest BCUT2D eigenvalue weighted by atomic mass is 16.4. The second-order valence-corrected chi connectivity index (χ2v) is 3.97. The first-order valence-corrected chi connectivity index (χ1v) is 5.42. The predicted molar refractivity (Wildman–Crippen MR) is 63.1 cm³/mol. The van der Waals surface area contributed by atoms with Crippen molar-refractivity contribution in [1.82, 2.24) is 0 Å². The van der Waals surface area contributed by atoms with Crippen LogP contribution in [0, 0.1) is 0 Å². The van der Waals surface area contributed by atoms with Gasteiger partial charge in [0, 0.05) is 11.5 Å². The van der Waals surface area contributed by atoms with Crippen molar-refractivity contribution in [2.45, 2.75) is 12.5 Å². The molecule has 0 aliphatic heterocycles. The van der Waals surface area contributed by atoms with Crippen molar-refractivity contribution in [3.05, 3.63) is 42.7 Å². The van der Waals surface area contributed by atoms with Crippen LogP contribution in [-0.4, -0.2) is 22.2 Å². The summed E-state index contributed by atoms with van der Waals surface area (Å²) in [5, 5.41) is 19.6. The summed E-state index contributed by atoms with van der Waals surface area (Å²) in [6.07, 6.45) is 2.79. The van der Waals surface area contributed by atoms with Gasteiger partial charge in [-0.2, -0.15) is 4.57 Å². The molecule has 1 atom stereocenters. The van der Waals surface area contributed by atoms with Crippen LogP contribution >= 0.6 is 0 Å². The van der Waals surface area contributed by atoms with Crippen molar-refractivity contribution in [2.75, 3.05) is 0 Å². The Labute approximate surface area is 103 Å². The average Bonchev–Trinajstić information content (AvgIpc) is 2.35. The van der Waals surface area contributed by atoms with E-state index in [0.717, 1.165) is 10.8 Å². The molecule has 2 N–H and O–H groups in total. The fourth-order valence-corrected chi connectivity index (χ4v) is 1.83. The normalized spacial score (nSPS) is 12.2. The van der Waals surface area contributed by atoms with Gasteiger partial charge in [0.25, 0.3) is 6.04 Å². The van der Waals surface area contributed by atoms with Gasteiger partial charge in [-0.15, -0.1) is 0 Å². The summed E-state index contributed by atoms with van der Waals surface area (Å²) in [6.45, 7) is 0. The van der Waals surface area contributed by atoms with Crippen LogP contribution in [0.1, 0.15) is 12.5 Å². The molecule has 1 heterocycles. The van der Waals surface area contributed by atoms with Gasteiger partial charge < -0.3 is 10.2 Å². The molecule has 0 radical (unpaired) electrons. The van der Waals surface area contributed by atoms with E-state index in [0.29, 0.717) is 0 Å². The number of carbonyl (C=O) groups is 2. The van der Waals surface area contributed by atoms with E-state index in [1.807, 2.05) is 24.3 Å². The maximum Gasteiger partial charge on any atom is 0.374 e. The van der Waals surface area contributed by atoms with Gasteiger partial charge in [0.2, 0.25) is 0 Å². The summed E-state index contributed by atoms with van der Waals surface area (Å²) < 4.78 is 1.42. The molecule has 5 heteroatoms. The fraction of sp³-hybridized carbons (Fsp3) is 0.154. The summed E-state index contributed by atoms with van der Waals surface area (Å²) in [5.41, 5.74) is 0. The number of benzene rings is 1. The molecule has 2 rings (SSSR count). The van der Waals surface area contributed by atoms with Crippen molar-refractivity contribution in [3.8, 4) is 0 Å². The number of fused-ring (bicyclic) bond motifs is 1. The van der Waals surface area contributed by atoms with E-state index in [4.69, 9.17) is 10.2 Å². The summed E-state index contributed by atoms with van der Waals surface area (Å²) in [7, 11) is 0. The third kappa shape index (κ3) is 2.45. The molecular weight excluding hydrogens is 234 g/mol. The standard InChI is InChI=1S/C13H11NO4/c15-12(16)7-11(13(17)18)14-6-5-9-3-1-2-4-10(9)8-14/h1-6,8,11H,7H2,(H-,15,16,17,18)/p+1/t11-/m0/s1. The molecule has 18 heavy (non-hydrogen) atoms. The summed E-state index contributed by atoms with van der Waals surface area (Å²) in [4.78, 5) is 21.8. The third-order valence-corrected chi connectivity index (χ3v) is 2.72. The average molecular weight is 246 g/mol. The Bertz CT molecular complexity index is 609. The van der Waals surface area contributed by atoms with Gasteiger partial charge >= 0.3 is 11.9 Å². The highest BCUT2D eigenvalue weighted by Gasteiger charge is 2.29. The number of nitrogens with zero attached hydrogens (tertiary/aromatic N) is 1. The zero-order valence-electron chi connectivity index (χ0n) is 9.48. The number of aromatic nitrogens is 1. The highest BCUT2D eigenvalue weighted by molar-refractivity contribution is 5.81. The number of carboxylic acid groups (broad SMARTS) is 2. The van der Waals surface area contributed by atoms with Crippen LogP contribution in [0.5, 0.6) is 0 Å². The molecule has 0 aliphatic carbocycles. The first-order valence-electron chi connectivity index (χ1n) is 5.42. The van der Waals surface area contributed by atoms with Crippen molar-refractivity contribution in [2.24, 2.45) is 0 Å². The molecule has 0 bridgehead atoms. The predicted octanol–water partition coefficient (Wildman–Crippen LogP) is 1.23. The Morgan fingerprint density at radius 2 is 1.78 bits per heavy atom. The molecule has 0 aliphatic rings. The SMILES string of the molecule is O=C(O)C[C@@H](C(=O)O)[n+]1ccc2ccccc2c1. The van der Waals surface area contributed by atoms with Crippen LogP contribution in [0.2, 0.25) is 0 Å². The van der Waals surface area contributed by atoms with Gasteiger partial charge in [0.1, 0.15) is 6.42 Å². The van der Waals surface area contributed by atoms with E-state index in [1.54, 1.807) is 18.5 Å². The topological polar surface area (TPSA) is 78.5 Å². The quantitative estimate of drug-likeness (QED) is 0.795. The summed E-state index contributed by atoms with van der Waals surface area (Å²) in [5.74, 6) is -2.29. The number of hydrogen-bond acceptors (Lipinski definition) is 2. The lowest BCUT2D eigenvalue weighted by Gasteiger charge is -2.06. The van der Waals surface area contributed by atoms with Gasteiger partial charge in [-0.05, 0) is 11.5 Å². The zero-order valence-corrected chi connectivity index (χ0v) is 9.48. The molecule has 0 unspecified atom stereocenters. The second kappa shape index (κ2) is 4.83. The molecule has 92 valence electrons. The molecule has 0 amide bonds. The smallest absolute Gasteiger partial charge is 0.374 e. The number of pyridine rings is 1. The largest absolute Gasteiger partial charge is 0.481 e. The van der Waals surface area contributed by atoms with E-state index in [9.17, 15) is 9.59 Å². The molecule has 0 saturated heterocycles. The number of aliphatic carboxylic acids is 2. The first kappa shape index (κ1) is 12.0. The van der Waals surface area contributed by atoms with Crippen LogP contribution in [0.25, 0.3) is 10.8 Å². The minimum atomic E-state index is -1.15. The van der Waals surface area contributed by atoms with E-state index < -0.39 is 24.4 Å². The van der Waals surface area contributed by atoms with E-state index in [2.05, 4.69) is 0 Å². The fourth-order valence-electron chi connectivity index (χ4n) is 1.83. The molecule has 5 nitrogen and oxygen atoms in total. The zero-order chi connectivity index (χ0) is 13.1. The minimum absolute atomic E-state index is 0.446. The van der Waals surface area contributed by atoms with Crippen LogP contribution < -0.4 is 4.57 Å². The molecule has 0 spiro atoms. The summed E-state index contributed by atoms with van der Waals surface area (Å²) >= 11 is 0. The van der Waals surface area contributed by atoms with Gasteiger partial charge in [-0.1, -0.05) is 18.2 Å². The van der Waals surface area contributed by atoms with Crippen LogP contribution in [0.15, 0.2) is 42.7 Å². The van der Waals surface area contributed by atoms with Gasteiger partial charge in [0.15, 0.2) is 12.4 Å². The second-order valence-electron chi connectivity index (χ2n) is 3.97. The van der Waals surface area contributed by atoms with E-state index in [-0.39, 0.29) is 0 Å². The van der Waals surface area contributed by atoms with Gasteiger partial charge in [0.05, 0.1) is 0 Å². The Morgan fingerprint density at radius 3 is 2.39 bits per heavy atom. The Morgan fingerprint density at radius 1 is 1.11 bits per heavy atom. The molecule has 0 saturated carbocycles. The number of rotatable bonds is 4. The number of hydrogen-bond donors (Lipinski definition) is 2. The lowest BCUT2D eigenvalue weighted by Crippen LogP contribution is -2.44.